The fourth-order valence-electron chi connectivity index (χ4n) is 4.93. The van der Waals surface area contributed by atoms with E-state index in [2.05, 4.69) is 25.9 Å². The van der Waals surface area contributed by atoms with E-state index >= 15 is 0 Å². The summed E-state index contributed by atoms with van der Waals surface area (Å²) in [6.07, 6.45) is -1.51. The maximum atomic E-state index is 13.5. The van der Waals surface area contributed by atoms with Crippen molar-refractivity contribution < 1.29 is 56.5 Å². The van der Waals surface area contributed by atoms with Crippen molar-refractivity contribution in [3.05, 3.63) is 48.2 Å². The normalized spacial score (nSPS) is 15.4. The molecule has 0 saturated carbocycles. The largest absolute Gasteiger partial charge is 0.496 e. The van der Waals surface area contributed by atoms with Gasteiger partial charge in [-0.3, -0.25) is 19.2 Å². The highest BCUT2D eigenvalue weighted by Gasteiger charge is 2.38. The first kappa shape index (κ1) is 38.0. The molecule has 1 fully saturated rings. The number of aromatic amines is 1. The minimum absolute atomic E-state index is 0.0264. The Morgan fingerprint density at radius 1 is 1.14 bits per heavy atom. The SMILES string of the molecule is COc1cccc2[nH]c(C(=O)N[C@@H](CC(C)C)C(=O)N[C@@H](C[C@@H]3CCNC3=O)C(=O)COC(=O)c3cncn3C)cc12.O=C(O)C(F)(F)F. The topological polar surface area (TPSA) is 211 Å². The monoisotopic (exact) mass is 694 g/mol. The molecule has 1 aliphatic rings. The summed E-state index contributed by atoms with van der Waals surface area (Å²) in [4.78, 5) is 80.5. The second-order valence-corrected chi connectivity index (χ2v) is 11.6. The number of nitrogens with one attached hydrogen (secondary N) is 4. The molecule has 4 rings (SSSR count). The van der Waals surface area contributed by atoms with Gasteiger partial charge in [-0.1, -0.05) is 19.9 Å². The van der Waals surface area contributed by atoms with Crippen molar-refractivity contribution in [1.29, 1.82) is 0 Å². The van der Waals surface area contributed by atoms with E-state index in [1.165, 1.54) is 24.2 Å². The second-order valence-electron chi connectivity index (χ2n) is 11.6. The molecule has 15 nitrogen and oxygen atoms in total. The van der Waals surface area contributed by atoms with Gasteiger partial charge in [-0.25, -0.2) is 14.6 Å². The van der Waals surface area contributed by atoms with Crippen molar-refractivity contribution in [3.63, 3.8) is 0 Å². The number of hydrogen-bond acceptors (Lipinski definition) is 9. The Hall–Kier alpha value is -5.42. The molecule has 0 bridgehead atoms. The summed E-state index contributed by atoms with van der Waals surface area (Å²) in [5.41, 5.74) is 1.10. The first-order valence-electron chi connectivity index (χ1n) is 15.0. The van der Waals surface area contributed by atoms with Gasteiger partial charge in [0.25, 0.3) is 5.91 Å². The molecule has 3 atom stereocenters. The Balaban J connectivity index is 0.000000838. The van der Waals surface area contributed by atoms with Gasteiger partial charge in [0, 0.05) is 30.4 Å². The molecule has 0 radical (unpaired) electrons. The number of ether oxygens (including phenoxy) is 2. The Labute approximate surface area is 277 Å². The number of benzene rings is 1. The van der Waals surface area contributed by atoms with Gasteiger partial charge in [-0.15, -0.1) is 0 Å². The third kappa shape index (κ3) is 10.5. The number of ketones is 1. The second kappa shape index (κ2) is 16.6. The van der Waals surface area contributed by atoms with Crippen molar-refractivity contribution in [2.75, 3.05) is 20.3 Å². The summed E-state index contributed by atoms with van der Waals surface area (Å²) in [6, 6.07) is 4.94. The third-order valence-corrected chi connectivity index (χ3v) is 7.42. The molecule has 5 N–H and O–H groups in total. The molecule has 1 aliphatic heterocycles. The zero-order valence-corrected chi connectivity index (χ0v) is 27.1. The number of carbonyl (C=O) groups is 6. The van der Waals surface area contributed by atoms with Crippen LogP contribution in [0.2, 0.25) is 0 Å². The molecule has 0 unspecified atom stereocenters. The van der Waals surface area contributed by atoms with Crippen LogP contribution in [-0.4, -0.2) is 93.6 Å². The van der Waals surface area contributed by atoms with E-state index < -0.39 is 60.3 Å². The molecule has 1 saturated heterocycles. The number of imidazole rings is 1. The number of amides is 3. The van der Waals surface area contributed by atoms with E-state index in [1.807, 2.05) is 19.9 Å². The number of nitrogens with zero attached hydrogens (tertiary/aromatic N) is 2. The van der Waals surface area contributed by atoms with Crippen LogP contribution >= 0.6 is 0 Å². The van der Waals surface area contributed by atoms with Crippen molar-refractivity contribution in [2.24, 2.45) is 18.9 Å². The molecule has 1 aromatic carbocycles. The molecular weight excluding hydrogens is 657 g/mol. The number of carboxylic acid groups (broad SMARTS) is 1. The third-order valence-electron chi connectivity index (χ3n) is 7.42. The minimum Gasteiger partial charge on any atom is -0.496 e. The summed E-state index contributed by atoms with van der Waals surface area (Å²) >= 11 is 0. The number of H-pyrrole nitrogens is 1. The minimum atomic E-state index is -5.08. The Morgan fingerprint density at radius 3 is 2.39 bits per heavy atom. The molecule has 18 heteroatoms. The number of halogens is 3. The van der Waals surface area contributed by atoms with Gasteiger partial charge in [-0.2, -0.15) is 13.2 Å². The average Bonchev–Trinajstić information content (AvgIpc) is 3.78. The number of Topliss-reactive ketones (excluding diaryl/α,β-unsaturated/α-hetero) is 1. The highest BCUT2D eigenvalue weighted by Crippen LogP contribution is 2.26. The fraction of sp³-hybridized carbons (Fsp3) is 0.452. The summed E-state index contributed by atoms with van der Waals surface area (Å²) < 4.78 is 43.8. The Kier molecular flexibility index (Phi) is 12.9. The predicted octanol–water partition coefficient (Wildman–Crippen LogP) is 2.12. The molecule has 3 heterocycles. The van der Waals surface area contributed by atoms with Gasteiger partial charge in [0.05, 0.1) is 25.7 Å². The Morgan fingerprint density at radius 2 is 1.84 bits per heavy atom. The van der Waals surface area contributed by atoms with E-state index in [0.29, 0.717) is 30.7 Å². The van der Waals surface area contributed by atoms with Crippen LogP contribution in [0.25, 0.3) is 10.9 Å². The fourth-order valence-corrected chi connectivity index (χ4v) is 4.93. The van der Waals surface area contributed by atoms with Gasteiger partial charge in [-0.05, 0) is 43.4 Å². The van der Waals surface area contributed by atoms with Crippen LogP contribution in [-0.2, 0) is 31.0 Å². The van der Waals surface area contributed by atoms with Crippen LogP contribution in [0.4, 0.5) is 13.2 Å². The van der Waals surface area contributed by atoms with Crippen LogP contribution < -0.4 is 20.7 Å². The van der Waals surface area contributed by atoms with Gasteiger partial charge < -0.3 is 40.1 Å². The molecule has 0 aliphatic carbocycles. The first-order valence-corrected chi connectivity index (χ1v) is 15.0. The highest BCUT2D eigenvalue weighted by atomic mass is 19.4. The van der Waals surface area contributed by atoms with Crippen LogP contribution in [0.3, 0.4) is 0 Å². The molecule has 2 aromatic heterocycles. The molecule has 3 amide bonds. The Bertz CT molecular complexity index is 1680. The molecule has 266 valence electrons. The number of alkyl halides is 3. The number of methoxy groups -OCH3 is 1. The molecule has 3 aromatic rings. The van der Waals surface area contributed by atoms with E-state index in [4.69, 9.17) is 19.4 Å². The maximum absolute atomic E-state index is 13.5. The summed E-state index contributed by atoms with van der Waals surface area (Å²) in [5, 5.41) is 16.1. The lowest BCUT2D eigenvalue weighted by atomic mass is 9.95. The lowest BCUT2D eigenvalue weighted by Crippen LogP contribution is -2.53. The lowest BCUT2D eigenvalue weighted by Gasteiger charge is -2.25. The lowest BCUT2D eigenvalue weighted by molar-refractivity contribution is -0.192. The summed E-state index contributed by atoms with van der Waals surface area (Å²) in [7, 11) is 3.15. The van der Waals surface area contributed by atoms with E-state index in [0.717, 1.165) is 5.39 Å². The predicted molar refractivity (Wildman–Crippen MR) is 165 cm³/mol. The van der Waals surface area contributed by atoms with Gasteiger partial charge in [0.2, 0.25) is 11.8 Å². The van der Waals surface area contributed by atoms with Crippen molar-refractivity contribution in [3.8, 4) is 5.75 Å². The van der Waals surface area contributed by atoms with E-state index in [1.54, 1.807) is 25.2 Å². The van der Waals surface area contributed by atoms with Crippen LogP contribution in [0.1, 0.15) is 54.1 Å². The van der Waals surface area contributed by atoms with Gasteiger partial charge in [0.15, 0.2) is 12.4 Å². The average molecular weight is 695 g/mol. The number of aliphatic carboxylic acids is 1. The maximum Gasteiger partial charge on any atom is 0.490 e. The molecule has 0 spiro atoms. The van der Waals surface area contributed by atoms with Crippen LogP contribution in [0, 0.1) is 11.8 Å². The summed E-state index contributed by atoms with van der Waals surface area (Å²) in [6.45, 7) is 3.67. The zero-order chi connectivity index (χ0) is 36.5. The molecular formula is C31H37F3N6O9. The van der Waals surface area contributed by atoms with Gasteiger partial charge in [0.1, 0.15) is 23.2 Å². The smallest absolute Gasteiger partial charge is 0.490 e. The van der Waals surface area contributed by atoms with Crippen LogP contribution in [0.15, 0.2) is 36.8 Å². The van der Waals surface area contributed by atoms with Gasteiger partial charge >= 0.3 is 18.1 Å². The number of carboxylic acids is 1. The van der Waals surface area contributed by atoms with Crippen molar-refractivity contribution >= 4 is 46.3 Å². The van der Waals surface area contributed by atoms with Crippen molar-refractivity contribution in [2.45, 2.75) is 51.4 Å². The van der Waals surface area contributed by atoms with Crippen molar-refractivity contribution in [1.82, 2.24) is 30.5 Å². The first-order chi connectivity index (χ1) is 23.0. The zero-order valence-electron chi connectivity index (χ0n) is 27.1. The summed E-state index contributed by atoms with van der Waals surface area (Å²) in [5.74, 6) is -5.24. The van der Waals surface area contributed by atoms with Crippen LogP contribution in [0.5, 0.6) is 5.75 Å². The number of aryl methyl sites for hydroxylation is 1. The number of aromatic nitrogens is 3. The van der Waals surface area contributed by atoms with E-state index in [9.17, 15) is 37.1 Å². The highest BCUT2D eigenvalue weighted by molar-refractivity contribution is 6.02. The van der Waals surface area contributed by atoms with E-state index in [-0.39, 0.29) is 29.6 Å². The standard InChI is InChI=1S/C29H36N6O7.C2HF3O2/c1-16(2)10-21(34-28(39)22-12-18-19(32-22)6-5-7-25(18)41-4)27(38)33-20(11-17-8-9-31-26(17)37)24(36)14-42-29(40)23-13-30-15-35(23)3;3-2(4,5)1(6)7/h5-7,12-13,15-17,20-21,32H,8-11,14H2,1-4H3,(H,31,37)(H,33,38)(H,34,39);(H,6,7)/t17-,20-,21-;/m0./s1. The number of rotatable bonds is 13. The molecule has 49 heavy (non-hydrogen) atoms. The quantitative estimate of drug-likeness (QED) is 0.165. The number of fused-ring (bicyclic) bond motifs is 1. The number of hydrogen-bond donors (Lipinski definition) is 5. The number of carbonyl (C=O) groups excluding carboxylic acids is 5. The number of esters is 1.